The second kappa shape index (κ2) is 5.51. The molecule has 4 rings (SSSR count). The lowest BCUT2D eigenvalue weighted by Crippen LogP contribution is -2.70. The molecule has 0 aromatic heterocycles. The molecule has 3 N–H and O–H groups in total. The van der Waals surface area contributed by atoms with Crippen LogP contribution in [0, 0.1) is 28.6 Å². The molecule has 0 amide bonds. The van der Waals surface area contributed by atoms with Crippen LogP contribution >= 0.6 is 0 Å². The molecular formula is C21H26F2O5. The number of aliphatic hydroxyl groups is 2. The average Bonchev–Trinajstić information content (AvgIpc) is 2.81. The summed E-state index contributed by atoms with van der Waals surface area (Å²) in [7, 11) is 0. The van der Waals surface area contributed by atoms with E-state index in [1.807, 2.05) is 0 Å². The van der Waals surface area contributed by atoms with Crippen LogP contribution in [0.2, 0.25) is 0 Å². The van der Waals surface area contributed by atoms with Crippen LogP contribution in [0.5, 0.6) is 0 Å². The quantitative estimate of drug-likeness (QED) is 0.633. The van der Waals surface area contributed by atoms with E-state index < -0.39 is 63.9 Å². The molecule has 5 nitrogen and oxygen atoms in total. The minimum absolute atomic E-state index is 0.0287. The van der Waals surface area contributed by atoms with Gasteiger partial charge in [0.15, 0.2) is 17.1 Å². The molecule has 3 fully saturated rings. The van der Waals surface area contributed by atoms with Crippen LogP contribution < -0.4 is 0 Å². The monoisotopic (exact) mass is 396 g/mol. The summed E-state index contributed by atoms with van der Waals surface area (Å²) in [5.41, 5.74) is -7.14. The zero-order chi connectivity index (χ0) is 20.9. The third-order valence-corrected chi connectivity index (χ3v) is 8.54. The van der Waals surface area contributed by atoms with Gasteiger partial charge in [-0.05, 0) is 55.7 Å². The third-order valence-electron chi connectivity index (χ3n) is 8.54. The molecule has 0 heterocycles. The minimum Gasteiger partial charge on any atom is -0.479 e. The van der Waals surface area contributed by atoms with Crippen LogP contribution in [0.15, 0.2) is 23.8 Å². The van der Waals surface area contributed by atoms with Crippen molar-refractivity contribution in [3.63, 3.8) is 0 Å². The van der Waals surface area contributed by atoms with E-state index in [9.17, 15) is 24.9 Å². The Morgan fingerprint density at radius 2 is 1.89 bits per heavy atom. The molecule has 4 aliphatic rings. The fourth-order valence-electron chi connectivity index (χ4n) is 7.00. The van der Waals surface area contributed by atoms with Crippen molar-refractivity contribution >= 4 is 11.8 Å². The standard InChI is InChI=1S/C21H26F2O5/c1-10-6-12-13-8-15(22)14-7-11(24)4-5-18(14,2)20(13,23)16(25)9-19(12,3)21(10,28)17(26)27/h4-5,7,10,12-13,15-16,25,28H,6,8-9H2,1-3H3,(H,26,27)/t10?,12-,13-,15-,16-,18-,19-,20?,21-/m0/s1. The molecule has 0 aromatic rings. The molecule has 7 heteroatoms. The van der Waals surface area contributed by atoms with Gasteiger partial charge in [-0.25, -0.2) is 13.6 Å². The zero-order valence-electron chi connectivity index (χ0n) is 16.2. The fraction of sp³-hybridized carbons (Fsp3) is 0.714. The van der Waals surface area contributed by atoms with Gasteiger partial charge in [-0.2, -0.15) is 0 Å². The molecule has 0 bridgehead atoms. The second-order valence-corrected chi connectivity index (χ2v) is 9.57. The van der Waals surface area contributed by atoms with E-state index in [4.69, 9.17) is 0 Å². The number of hydrogen-bond acceptors (Lipinski definition) is 4. The van der Waals surface area contributed by atoms with Crippen molar-refractivity contribution in [2.75, 3.05) is 0 Å². The van der Waals surface area contributed by atoms with E-state index in [0.717, 1.165) is 6.08 Å². The predicted octanol–water partition coefficient (Wildman–Crippen LogP) is 2.37. The van der Waals surface area contributed by atoms with Crippen molar-refractivity contribution in [2.24, 2.45) is 28.6 Å². The van der Waals surface area contributed by atoms with Gasteiger partial charge in [0.25, 0.3) is 0 Å². The first-order chi connectivity index (χ1) is 12.8. The molecule has 3 saturated carbocycles. The number of carboxylic acids is 1. The van der Waals surface area contributed by atoms with E-state index >= 15 is 8.78 Å². The van der Waals surface area contributed by atoms with Crippen molar-refractivity contribution in [3.8, 4) is 0 Å². The highest BCUT2D eigenvalue weighted by molar-refractivity contribution is 6.01. The normalized spacial score (nSPS) is 55.2. The lowest BCUT2D eigenvalue weighted by atomic mass is 9.44. The van der Waals surface area contributed by atoms with E-state index in [2.05, 4.69) is 0 Å². The van der Waals surface area contributed by atoms with Crippen LogP contribution in [-0.2, 0) is 9.59 Å². The van der Waals surface area contributed by atoms with Crippen LogP contribution in [0.25, 0.3) is 0 Å². The first-order valence-electron chi connectivity index (χ1n) is 9.76. The number of halogens is 2. The van der Waals surface area contributed by atoms with Gasteiger partial charge >= 0.3 is 5.97 Å². The van der Waals surface area contributed by atoms with Gasteiger partial charge in [-0.15, -0.1) is 0 Å². The molecule has 0 spiro atoms. The number of aliphatic carboxylic acids is 1. The Hall–Kier alpha value is -1.60. The Labute approximate surface area is 162 Å². The Morgan fingerprint density at radius 1 is 1.25 bits per heavy atom. The predicted molar refractivity (Wildman–Crippen MR) is 95.8 cm³/mol. The summed E-state index contributed by atoms with van der Waals surface area (Å²) in [6, 6.07) is 0. The zero-order valence-corrected chi connectivity index (χ0v) is 16.2. The van der Waals surface area contributed by atoms with Gasteiger partial charge in [0.2, 0.25) is 0 Å². The summed E-state index contributed by atoms with van der Waals surface area (Å²) in [4.78, 5) is 23.7. The molecular weight excluding hydrogens is 370 g/mol. The van der Waals surface area contributed by atoms with E-state index in [-0.39, 0.29) is 24.8 Å². The highest BCUT2D eigenvalue weighted by Crippen LogP contribution is 2.70. The van der Waals surface area contributed by atoms with Gasteiger partial charge in [0, 0.05) is 16.7 Å². The summed E-state index contributed by atoms with van der Waals surface area (Å²) in [6.07, 6.45) is 0.214. The number of hydrogen-bond donors (Lipinski definition) is 3. The largest absolute Gasteiger partial charge is 0.479 e. The number of rotatable bonds is 1. The van der Waals surface area contributed by atoms with E-state index in [1.54, 1.807) is 13.8 Å². The molecule has 28 heavy (non-hydrogen) atoms. The Balaban J connectivity index is 1.88. The van der Waals surface area contributed by atoms with Crippen molar-refractivity contribution in [2.45, 2.75) is 63.6 Å². The average molecular weight is 396 g/mol. The Kier molecular flexibility index (Phi) is 3.88. The Morgan fingerprint density at radius 3 is 2.50 bits per heavy atom. The summed E-state index contributed by atoms with van der Waals surface area (Å²) in [6.45, 7) is 4.67. The van der Waals surface area contributed by atoms with Crippen molar-refractivity contribution in [1.29, 1.82) is 0 Å². The van der Waals surface area contributed by atoms with Crippen LogP contribution in [0.4, 0.5) is 8.78 Å². The Bertz CT molecular complexity index is 824. The summed E-state index contributed by atoms with van der Waals surface area (Å²) in [5.74, 6) is -4.07. The second-order valence-electron chi connectivity index (χ2n) is 9.57. The molecule has 4 aliphatic carbocycles. The van der Waals surface area contributed by atoms with Gasteiger partial charge in [-0.3, -0.25) is 4.79 Å². The smallest absolute Gasteiger partial charge is 0.336 e. The van der Waals surface area contributed by atoms with Crippen molar-refractivity contribution in [3.05, 3.63) is 23.8 Å². The summed E-state index contributed by atoms with van der Waals surface area (Å²) < 4.78 is 31.9. The molecule has 0 saturated heterocycles. The molecule has 0 aromatic carbocycles. The van der Waals surface area contributed by atoms with E-state index in [0.29, 0.717) is 0 Å². The molecule has 0 aliphatic heterocycles. The summed E-state index contributed by atoms with van der Waals surface area (Å²) in [5, 5.41) is 31.8. The number of carbonyl (C=O) groups is 2. The van der Waals surface area contributed by atoms with Crippen LogP contribution in [-0.4, -0.2) is 50.6 Å². The first-order valence-corrected chi connectivity index (χ1v) is 9.76. The fourth-order valence-corrected chi connectivity index (χ4v) is 7.00. The highest BCUT2D eigenvalue weighted by atomic mass is 19.1. The maximum atomic E-state index is 16.8. The maximum Gasteiger partial charge on any atom is 0.336 e. The van der Waals surface area contributed by atoms with E-state index in [1.165, 1.54) is 19.1 Å². The van der Waals surface area contributed by atoms with Gasteiger partial charge in [0.1, 0.15) is 6.17 Å². The lowest BCUT2D eigenvalue weighted by Gasteiger charge is -2.62. The van der Waals surface area contributed by atoms with Crippen molar-refractivity contribution in [1.82, 2.24) is 0 Å². The topological polar surface area (TPSA) is 94.8 Å². The number of ketones is 1. The SMILES string of the molecule is CC1C[C@H]2[C@@H]3C[C@H](F)C4=CC(=O)C=C[C@]4(C)C3(F)[C@@H](O)C[C@]2(C)[C@@]1(O)C(=O)O. The number of fused-ring (bicyclic) bond motifs is 5. The molecule has 154 valence electrons. The minimum atomic E-state index is -2.26. The van der Waals surface area contributed by atoms with Gasteiger partial charge < -0.3 is 15.3 Å². The number of carbonyl (C=O) groups excluding carboxylic acids is 1. The number of alkyl halides is 2. The maximum absolute atomic E-state index is 16.8. The number of carboxylic acid groups (broad SMARTS) is 1. The third kappa shape index (κ3) is 1.92. The first kappa shape index (κ1) is 19.7. The lowest BCUT2D eigenvalue weighted by molar-refractivity contribution is -0.229. The molecule has 2 unspecified atom stereocenters. The number of allylic oxidation sites excluding steroid dienone is 4. The van der Waals surface area contributed by atoms with Crippen LogP contribution in [0.3, 0.4) is 0 Å². The highest BCUT2D eigenvalue weighted by Gasteiger charge is 2.76. The van der Waals surface area contributed by atoms with Gasteiger partial charge in [-0.1, -0.05) is 19.9 Å². The number of aliphatic hydroxyl groups excluding tert-OH is 1. The molecule has 9 atom stereocenters. The van der Waals surface area contributed by atoms with Gasteiger partial charge in [0.05, 0.1) is 6.10 Å². The molecule has 0 radical (unpaired) electrons. The van der Waals surface area contributed by atoms with Crippen LogP contribution in [0.1, 0.15) is 40.0 Å². The van der Waals surface area contributed by atoms with Crippen molar-refractivity contribution < 1.29 is 33.7 Å². The summed E-state index contributed by atoms with van der Waals surface area (Å²) >= 11 is 0.